The summed E-state index contributed by atoms with van der Waals surface area (Å²) < 4.78 is 32.3. The standard InChI is InChI=1S/C18H20N2O3S/c1-14-8-9-18(24(21,22)23)16(11-14)6-4-10-20(2)17-7-3-5-15(12-17)13-19/h3,5,7-9,11-12H,4,6,10H2,1-2H3,(H,21,22,23). The van der Waals surface area contributed by atoms with Crippen LogP contribution in [0.3, 0.4) is 0 Å². The monoisotopic (exact) mass is 344 g/mol. The molecule has 0 bridgehead atoms. The number of benzene rings is 2. The minimum absolute atomic E-state index is 0.0257. The molecule has 0 unspecified atom stereocenters. The van der Waals surface area contributed by atoms with E-state index in [4.69, 9.17) is 5.26 Å². The Hall–Kier alpha value is -2.36. The lowest BCUT2D eigenvalue weighted by atomic mass is 10.1. The van der Waals surface area contributed by atoms with Crippen LogP contribution in [0.4, 0.5) is 5.69 Å². The summed E-state index contributed by atoms with van der Waals surface area (Å²) in [5, 5.41) is 8.95. The van der Waals surface area contributed by atoms with Crippen molar-refractivity contribution in [3.05, 3.63) is 59.2 Å². The van der Waals surface area contributed by atoms with E-state index in [0.29, 0.717) is 24.1 Å². The van der Waals surface area contributed by atoms with Crippen molar-refractivity contribution in [2.24, 2.45) is 0 Å². The SMILES string of the molecule is Cc1ccc(S(=O)(=O)O)c(CCCN(C)c2cccc(C#N)c2)c1. The van der Waals surface area contributed by atoms with E-state index < -0.39 is 10.1 Å². The molecule has 2 rings (SSSR count). The van der Waals surface area contributed by atoms with Gasteiger partial charge in [-0.2, -0.15) is 13.7 Å². The Balaban J connectivity index is 2.07. The smallest absolute Gasteiger partial charge is 0.294 e. The fourth-order valence-corrected chi connectivity index (χ4v) is 3.34. The third kappa shape index (κ3) is 4.57. The van der Waals surface area contributed by atoms with Crippen molar-refractivity contribution in [3.63, 3.8) is 0 Å². The minimum Gasteiger partial charge on any atom is -0.375 e. The van der Waals surface area contributed by atoms with Crippen LogP contribution in [0.2, 0.25) is 0 Å². The average Bonchev–Trinajstić information content (AvgIpc) is 2.53. The van der Waals surface area contributed by atoms with Crippen LogP contribution in [0.25, 0.3) is 0 Å². The van der Waals surface area contributed by atoms with Gasteiger partial charge in [0.15, 0.2) is 0 Å². The Kier molecular flexibility index (Phi) is 5.60. The highest BCUT2D eigenvalue weighted by atomic mass is 32.2. The largest absolute Gasteiger partial charge is 0.375 e. The predicted octanol–water partition coefficient (Wildman–Crippen LogP) is 3.18. The van der Waals surface area contributed by atoms with Crippen LogP contribution in [0.5, 0.6) is 0 Å². The molecule has 0 aliphatic rings. The quantitative estimate of drug-likeness (QED) is 0.814. The van der Waals surface area contributed by atoms with E-state index in [1.807, 2.05) is 37.1 Å². The van der Waals surface area contributed by atoms with Crippen LogP contribution in [-0.4, -0.2) is 26.6 Å². The Labute approximate surface area is 142 Å². The van der Waals surface area contributed by atoms with Gasteiger partial charge < -0.3 is 4.90 Å². The third-order valence-corrected chi connectivity index (χ3v) is 4.80. The third-order valence-electron chi connectivity index (χ3n) is 3.85. The summed E-state index contributed by atoms with van der Waals surface area (Å²) >= 11 is 0. The molecule has 0 aromatic heterocycles. The molecule has 0 amide bonds. The van der Waals surface area contributed by atoms with Gasteiger partial charge in [-0.1, -0.05) is 23.8 Å². The molecule has 0 aliphatic heterocycles. The molecular formula is C18H20N2O3S. The van der Waals surface area contributed by atoms with Crippen molar-refractivity contribution in [1.29, 1.82) is 5.26 Å². The van der Waals surface area contributed by atoms with E-state index in [0.717, 1.165) is 17.7 Å². The van der Waals surface area contributed by atoms with E-state index in [-0.39, 0.29) is 4.90 Å². The number of anilines is 1. The van der Waals surface area contributed by atoms with Crippen molar-refractivity contribution >= 4 is 15.8 Å². The van der Waals surface area contributed by atoms with Gasteiger partial charge in [-0.25, -0.2) is 0 Å². The lowest BCUT2D eigenvalue weighted by Crippen LogP contribution is -2.19. The molecule has 0 saturated carbocycles. The molecule has 0 saturated heterocycles. The van der Waals surface area contributed by atoms with E-state index >= 15 is 0 Å². The number of aryl methyl sites for hydroxylation is 2. The van der Waals surface area contributed by atoms with Crippen molar-refractivity contribution in [2.75, 3.05) is 18.5 Å². The lowest BCUT2D eigenvalue weighted by Gasteiger charge is -2.19. The first-order chi connectivity index (χ1) is 11.3. The van der Waals surface area contributed by atoms with E-state index in [1.165, 1.54) is 6.07 Å². The van der Waals surface area contributed by atoms with Gasteiger partial charge in [0.25, 0.3) is 10.1 Å². The van der Waals surface area contributed by atoms with Crippen molar-refractivity contribution in [1.82, 2.24) is 0 Å². The summed E-state index contributed by atoms with van der Waals surface area (Å²) in [4.78, 5) is 1.99. The number of nitriles is 1. The molecule has 6 heteroatoms. The first-order valence-corrected chi connectivity index (χ1v) is 9.03. The van der Waals surface area contributed by atoms with Gasteiger partial charge in [-0.15, -0.1) is 0 Å². The van der Waals surface area contributed by atoms with Crippen LogP contribution in [0.1, 0.15) is 23.1 Å². The zero-order valence-electron chi connectivity index (χ0n) is 13.7. The van der Waals surface area contributed by atoms with Gasteiger partial charge in [0.2, 0.25) is 0 Å². The molecule has 126 valence electrons. The topological polar surface area (TPSA) is 81.4 Å². The summed E-state index contributed by atoms with van der Waals surface area (Å²) in [6, 6.07) is 14.4. The van der Waals surface area contributed by atoms with Gasteiger partial charge in [-0.05, 0) is 49.6 Å². The van der Waals surface area contributed by atoms with Crippen molar-refractivity contribution < 1.29 is 13.0 Å². The van der Waals surface area contributed by atoms with Gasteiger partial charge in [0.05, 0.1) is 16.5 Å². The van der Waals surface area contributed by atoms with Crippen LogP contribution < -0.4 is 4.90 Å². The minimum atomic E-state index is -4.21. The van der Waals surface area contributed by atoms with Crippen LogP contribution in [-0.2, 0) is 16.5 Å². The number of rotatable bonds is 6. The molecule has 2 aromatic carbocycles. The fraction of sp³-hybridized carbons (Fsp3) is 0.278. The lowest BCUT2D eigenvalue weighted by molar-refractivity contribution is 0.482. The van der Waals surface area contributed by atoms with E-state index in [2.05, 4.69) is 6.07 Å². The molecule has 0 atom stereocenters. The molecule has 0 aliphatic carbocycles. The summed E-state index contributed by atoms with van der Waals surface area (Å²) in [5.41, 5.74) is 3.11. The summed E-state index contributed by atoms with van der Waals surface area (Å²) in [6.45, 7) is 2.59. The highest BCUT2D eigenvalue weighted by Crippen LogP contribution is 2.20. The van der Waals surface area contributed by atoms with Crippen LogP contribution in [0.15, 0.2) is 47.4 Å². The number of nitrogens with zero attached hydrogens (tertiary/aromatic N) is 2. The second-order valence-electron chi connectivity index (χ2n) is 5.77. The van der Waals surface area contributed by atoms with Crippen molar-refractivity contribution in [3.8, 4) is 6.07 Å². The Morgan fingerprint density at radius 1 is 1.21 bits per heavy atom. The van der Waals surface area contributed by atoms with Crippen LogP contribution in [0, 0.1) is 18.3 Å². The molecule has 5 nitrogen and oxygen atoms in total. The van der Waals surface area contributed by atoms with Gasteiger partial charge in [0.1, 0.15) is 0 Å². The van der Waals surface area contributed by atoms with Crippen molar-refractivity contribution in [2.45, 2.75) is 24.7 Å². The Morgan fingerprint density at radius 2 is 1.96 bits per heavy atom. The average molecular weight is 344 g/mol. The molecule has 0 fully saturated rings. The fourth-order valence-electron chi connectivity index (χ4n) is 2.60. The normalized spacial score (nSPS) is 11.1. The number of hydrogen-bond donors (Lipinski definition) is 1. The molecule has 0 spiro atoms. The summed E-state index contributed by atoms with van der Waals surface area (Å²) in [5.74, 6) is 0. The second kappa shape index (κ2) is 7.47. The Bertz CT molecular complexity index is 870. The van der Waals surface area contributed by atoms with E-state index in [1.54, 1.807) is 18.2 Å². The maximum absolute atomic E-state index is 11.5. The zero-order chi connectivity index (χ0) is 17.7. The highest BCUT2D eigenvalue weighted by molar-refractivity contribution is 7.85. The highest BCUT2D eigenvalue weighted by Gasteiger charge is 2.15. The molecule has 1 N–H and O–H groups in total. The molecule has 2 aromatic rings. The number of hydrogen-bond acceptors (Lipinski definition) is 4. The van der Waals surface area contributed by atoms with E-state index in [9.17, 15) is 13.0 Å². The Morgan fingerprint density at radius 3 is 2.62 bits per heavy atom. The second-order valence-corrected chi connectivity index (χ2v) is 7.16. The first kappa shape index (κ1) is 18.0. The molecule has 0 heterocycles. The van der Waals surface area contributed by atoms with Gasteiger partial charge >= 0.3 is 0 Å². The maximum Gasteiger partial charge on any atom is 0.294 e. The molecule has 24 heavy (non-hydrogen) atoms. The summed E-state index contributed by atoms with van der Waals surface area (Å²) in [6.07, 6.45) is 1.26. The van der Waals surface area contributed by atoms with Crippen LogP contribution >= 0.6 is 0 Å². The zero-order valence-corrected chi connectivity index (χ0v) is 14.5. The predicted molar refractivity (Wildman–Crippen MR) is 93.7 cm³/mol. The first-order valence-electron chi connectivity index (χ1n) is 7.59. The molecule has 0 radical (unpaired) electrons. The molecular weight excluding hydrogens is 324 g/mol. The maximum atomic E-state index is 11.5. The van der Waals surface area contributed by atoms with Gasteiger partial charge in [0, 0.05) is 19.3 Å². The van der Waals surface area contributed by atoms with Gasteiger partial charge in [-0.3, -0.25) is 4.55 Å². The summed E-state index contributed by atoms with van der Waals surface area (Å²) in [7, 11) is -2.28.